The van der Waals surface area contributed by atoms with Gasteiger partial charge in [0.1, 0.15) is 0 Å². The molecule has 24 heavy (non-hydrogen) atoms. The van der Waals surface area contributed by atoms with Crippen LogP contribution < -0.4 is 0 Å². The molecule has 0 aliphatic heterocycles. The van der Waals surface area contributed by atoms with Gasteiger partial charge in [0.15, 0.2) is 0 Å². The molecule has 0 atom stereocenters. The molecule has 0 amide bonds. The third-order valence-electron chi connectivity index (χ3n) is 2.31. The molecule has 0 radical (unpaired) electrons. The van der Waals surface area contributed by atoms with Crippen LogP contribution in [0, 0.1) is 0 Å². The third-order valence-corrected chi connectivity index (χ3v) is 4.30. The molecule has 0 bridgehead atoms. The lowest BCUT2D eigenvalue weighted by Gasteiger charge is -2.11. The molecule has 0 rings (SSSR count). The van der Waals surface area contributed by atoms with Crippen LogP contribution in [0.3, 0.4) is 0 Å². The number of carbonyl (C=O) groups is 2. The maximum atomic E-state index is 12.3. The molecule has 0 aliphatic carbocycles. The molecule has 0 saturated heterocycles. The van der Waals surface area contributed by atoms with E-state index >= 15 is 0 Å². The van der Waals surface area contributed by atoms with Crippen LogP contribution >= 0.6 is 7.60 Å². The second kappa shape index (κ2) is 12.3. The minimum Gasteiger partial charge on any atom is -0.457 e. The van der Waals surface area contributed by atoms with E-state index in [1.165, 1.54) is 13.8 Å². The van der Waals surface area contributed by atoms with Crippen molar-refractivity contribution >= 4 is 31.2 Å². The monoisotopic (exact) mass is 362 g/mol. The summed E-state index contributed by atoms with van der Waals surface area (Å²) in [6.45, 7) is 2.96. The Kier molecular flexibility index (Phi) is 11.2. The summed E-state index contributed by atoms with van der Waals surface area (Å²) in [5, 5.41) is 0. The summed E-state index contributed by atoms with van der Waals surface area (Å²) in [4.78, 5) is 27.8. The Morgan fingerprint density at radius 1 is 1.04 bits per heavy atom. The van der Waals surface area contributed by atoms with Crippen LogP contribution in [-0.2, 0) is 32.7 Å². The van der Waals surface area contributed by atoms with Gasteiger partial charge in [0.2, 0.25) is 0 Å². The van der Waals surface area contributed by atoms with Crippen LogP contribution in [0.2, 0.25) is 0 Å². The fourth-order valence-corrected chi connectivity index (χ4v) is 2.79. The highest BCUT2D eigenvalue weighted by Gasteiger charge is 2.47. The van der Waals surface area contributed by atoms with Gasteiger partial charge in [-0.3, -0.25) is 0 Å². The topological polar surface area (TPSA) is 161 Å². The number of unbranched alkanes of at least 4 members (excludes halogenated alkanes) is 1. The van der Waals surface area contributed by atoms with Crippen molar-refractivity contribution in [3.63, 3.8) is 0 Å². The van der Waals surface area contributed by atoms with E-state index < -0.39 is 25.0 Å². The summed E-state index contributed by atoms with van der Waals surface area (Å²) < 4.78 is 31.6. The van der Waals surface area contributed by atoms with Crippen LogP contribution in [0.25, 0.3) is 11.1 Å². The van der Waals surface area contributed by atoms with Crippen molar-refractivity contribution in [1.29, 1.82) is 0 Å². The Morgan fingerprint density at radius 3 is 2.04 bits per heavy atom. The smallest absolute Gasteiger partial charge is 0.457 e. The van der Waals surface area contributed by atoms with E-state index in [0.29, 0.717) is 19.1 Å². The Bertz CT molecular complexity index is 572. The standard InChI is InChI=1S/C12H19N4O7P/c1-3-22-24(19,23-4-2)11(16-14)12(18)21-8-6-5-7-20-10(17)9-15-13/h9H,3-8H2,1-2H3. The van der Waals surface area contributed by atoms with Crippen molar-refractivity contribution in [2.45, 2.75) is 26.7 Å². The van der Waals surface area contributed by atoms with Gasteiger partial charge in [-0.05, 0) is 26.7 Å². The van der Waals surface area contributed by atoms with Gasteiger partial charge < -0.3 is 29.6 Å². The molecular weight excluding hydrogens is 343 g/mol. The lowest BCUT2D eigenvalue weighted by Crippen LogP contribution is -2.22. The third kappa shape index (κ3) is 7.92. The van der Waals surface area contributed by atoms with Crippen LogP contribution in [0.5, 0.6) is 0 Å². The Morgan fingerprint density at radius 2 is 1.58 bits per heavy atom. The summed E-state index contributed by atoms with van der Waals surface area (Å²) in [6.07, 6.45) is 1.28. The quantitative estimate of drug-likeness (QED) is 0.125. The molecule has 0 unspecified atom stereocenters. The highest BCUT2D eigenvalue weighted by atomic mass is 31.2. The molecule has 0 aromatic rings. The summed E-state index contributed by atoms with van der Waals surface area (Å²) >= 11 is 0. The fraction of sp³-hybridized carbons (Fsp3) is 0.667. The second-order valence-corrected chi connectivity index (χ2v) is 5.95. The predicted molar refractivity (Wildman–Crippen MR) is 80.3 cm³/mol. The minimum atomic E-state index is -4.05. The van der Waals surface area contributed by atoms with Crippen LogP contribution in [0.15, 0.2) is 0 Å². The molecule has 0 spiro atoms. The normalized spacial score (nSPS) is 10.2. The lowest BCUT2D eigenvalue weighted by molar-refractivity contribution is -0.141. The number of rotatable bonds is 12. The summed E-state index contributed by atoms with van der Waals surface area (Å²) in [5.74, 6) is -1.94. The predicted octanol–water partition coefficient (Wildman–Crippen LogP) is 1.05. The largest absolute Gasteiger partial charge is 0.484 e. The number of carbonyl (C=O) groups excluding carboxylic acids is 2. The zero-order valence-electron chi connectivity index (χ0n) is 13.4. The summed E-state index contributed by atoms with van der Waals surface area (Å²) in [5.41, 5.74) is 16.2. The number of hydrogen-bond donors (Lipinski definition) is 0. The van der Waals surface area contributed by atoms with E-state index in [4.69, 9.17) is 24.8 Å². The highest BCUT2D eigenvalue weighted by molar-refractivity contribution is 7.74. The fourth-order valence-electron chi connectivity index (χ4n) is 1.40. The Hall–Kier alpha value is -2.15. The number of hydrogen-bond acceptors (Lipinski definition) is 7. The van der Waals surface area contributed by atoms with E-state index in [1.54, 1.807) is 0 Å². The average molecular weight is 362 g/mol. The molecule has 134 valence electrons. The van der Waals surface area contributed by atoms with E-state index in [1.807, 2.05) is 0 Å². The van der Waals surface area contributed by atoms with Crippen molar-refractivity contribution in [2.24, 2.45) is 0 Å². The minimum absolute atomic E-state index is 0.0217. The molecule has 0 N–H and O–H groups in total. The van der Waals surface area contributed by atoms with E-state index in [2.05, 4.69) is 14.3 Å². The van der Waals surface area contributed by atoms with E-state index in [0.717, 1.165) is 0 Å². The first-order valence-corrected chi connectivity index (χ1v) is 8.62. The van der Waals surface area contributed by atoms with Gasteiger partial charge in [-0.15, -0.1) is 4.79 Å². The first-order valence-electron chi connectivity index (χ1n) is 7.08. The van der Waals surface area contributed by atoms with Crippen molar-refractivity contribution in [3.05, 3.63) is 11.1 Å². The van der Waals surface area contributed by atoms with Gasteiger partial charge in [0.25, 0.3) is 0 Å². The first-order chi connectivity index (χ1) is 11.4. The van der Waals surface area contributed by atoms with Crippen molar-refractivity contribution in [3.8, 4) is 0 Å². The number of nitrogens with zero attached hydrogens (tertiary/aromatic N) is 4. The highest BCUT2D eigenvalue weighted by Crippen LogP contribution is 2.49. The SMILES string of the molecule is CCOP(=O)(OCC)C(=[N+]=[N-])C(=O)OCCCCOC(=O)C=[N+]=[N-]. The van der Waals surface area contributed by atoms with Gasteiger partial charge in [-0.1, -0.05) is 0 Å². The van der Waals surface area contributed by atoms with Crippen LogP contribution in [0.4, 0.5) is 0 Å². The van der Waals surface area contributed by atoms with E-state index in [-0.39, 0.29) is 26.4 Å². The zero-order valence-corrected chi connectivity index (χ0v) is 14.3. The van der Waals surface area contributed by atoms with Crippen LogP contribution in [-0.4, -0.2) is 59.6 Å². The van der Waals surface area contributed by atoms with Gasteiger partial charge in [0.05, 0.1) is 26.4 Å². The molecule has 12 heteroatoms. The summed E-state index contributed by atoms with van der Waals surface area (Å²) in [6, 6.07) is 0. The molecule has 11 nitrogen and oxygen atoms in total. The Balaban J connectivity index is 4.38. The molecule has 0 aliphatic rings. The van der Waals surface area contributed by atoms with Crippen LogP contribution in [0.1, 0.15) is 26.7 Å². The lowest BCUT2D eigenvalue weighted by atomic mass is 10.3. The van der Waals surface area contributed by atoms with Crippen molar-refractivity contribution < 1.29 is 42.3 Å². The van der Waals surface area contributed by atoms with E-state index in [9.17, 15) is 14.2 Å². The molecule has 0 fully saturated rings. The number of ether oxygens (including phenoxy) is 2. The van der Waals surface area contributed by atoms with Crippen molar-refractivity contribution in [1.82, 2.24) is 0 Å². The van der Waals surface area contributed by atoms with Crippen molar-refractivity contribution in [2.75, 3.05) is 26.4 Å². The molecular formula is C12H19N4O7P. The molecule has 0 aromatic heterocycles. The van der Waals surface area contributed by atoms with Gasteiger partial charge in [0, 0.05) is 0 Å². The zero-order chi connectivity index (χ0) is 18.4. The maximum Gasteiger partial charge on any atom is 0.484 e. The molecule has 0 aromatic carbocycles. The molecule has 0 heterocycles. The summed E-state index contributed by atoms with van der Waals surface area (Å²) in [7, 11) is -4.05. The van der Waals surface area contributed by atoms with Gasteiger partial charge in [-0.2, -0.15) is 4.79 Å². The number of esters is 2. The molecule has 0 saturated carbocycles. The van der Waals surface area contributed by atoms with Gasteiger partial charge in [-0.25, -0.2) is 14.2 Å². The first kappa shape index (κ1) is 21.9. The maximum absolute atomic E-state index is 12.3. The average Bonchev–Trinajstić information content (AvgIpc) is 2.52. The van der Waals surface area contributed by atoms with Gasteiger partial charge >= 0.3 is 31.2 Å². The Labute approximate surface area is 138 Å². The second-order valence-electron chi connectivity index (χ2n) is 4.01.